The zero-order chi connectivity index (χ0) is 15.5. The van der Waals surface area contributed by atoms with E-state index in [1.807, 2.05) is 0 Å². The van der Waals surface area contributed by atoms with Crippen molar-refractivity contribution in [1.82, 2.24) is 9.80 Å². The maximum absolute atomic E-state index is 13.9. The van der Waals surface area contributed by atoms with Crippen molar-refractivity contribution in [2.45, 2.75) is 51.2 Å². The van der Waals surface area contributed by atoms with Crippen molar-refractivity contribution in [1.29, 1.82) is 0 Å². The number of aliphatic hydroxyl groups is 1. The zero-order valence-corrected chi connectivity index (χ0v) is 14.1. The van der Waals surface area contributed by atoms with E-state index in [0.29, 0.717) is 25.0 Å². The van der Waals surface area contributed by atoms with Gasteiger partial charge in [-0.2, -0.15) is 0 Å². The average molecular weight is 310 g/mol. The number of hydrogen-bond acceptors (Lipinski definition) is 3. The Morgan fingerprint density at radius 3 is 2.68 bits per heavy atom. The second-order valence-electron chi connectivity index (χ2n) is 9.21. The van der Waals surface area contributed by atoms with E-state index in [2.05, 4.69) is 23.6 Å². The molecule has 0 aromatic heterocycles. The van der Waals surface area contributed by atoms with Crippen LogP contribution in [0.2, 0.25) is 0 Å². The molecule has 4 rings (SSSR count). The van der Waals surface area contributed by atoms with E-state index >= 15 is 0 Å². The molecule has 3 aliphatic heterocycles. The van der Waals surface area contributed by atoms with E-state index in [1.54, 1.807) is 0 Å². The molecule has 4 heteroatoms. The molecular formula is C18H31FN2O. The summed E-state index contributed by atoms with van der Waals surface area (Å²) in [4.78, 5) is 5.05. The smallest absolute Gasteiger partial charge is 0.115 e. The molecule has 3 heterocycles. The minimum Gasteiger partial charge on any atom is -0.396 e. The molecule has 0 aromatic carbocycles. The van der Waals surface area contributed by atoms with Crippen molar-refractivity contribution in [3.05, 3.63) is 0 Å². The van der Waals surface area contributed by atoms with E-state index in [0.717, 1.165) is 38.4 Å². The molecule has 0 aromatic rings. The number of rotatable bonds is 5. The lowest BCUT2D eigenvalue weighted by molar-refractivity contribution is 0.163. The van der Waals surface area contributed by atoms with Crippen molar-refractivity contribution < 1.29 is 9.50 Å². The van der Waals surface area contributed by atoms with Gasteiger partial charge in [0.2, 0.25) is 0 Å². The Balaban J connectivity index is 1.38. The van der Waals surface area contributed by atoms with Gasteiger partial charge in [-0.1, -0.05) is 13.8 Å². The van der Waals surface area contributed by atoms with Crippen LogP contribution in [0, 0.1) is 23.2 Å². The quantitative estimate of drug-likeness (QED) is 0.843. The number of alkyl halides is 1. The highest BCUT2D eigenvalue weighted by Crippen LogP contribution is 2.57. The third-order valence-corrected chi connectivity index (χ3v) is 6.83. The predicted molar refractivity (Wildman–Crippen MR) is 85.4 cm³/mol. The second kappa shape index (κ2) is 5.15. The van der Waals surface area contributed by atoms with Gasteiger partial charge in [0.15, 0.2) is 0 Å². The SMILES string of the molecule is CC(C)C[C@]12C[C@@H](F)CN1C[C@@H](CN1CC3CC3(CO)C1)C2. The Bertz CT molecular complexity index is 441. The molecule has 0 radical (unpaired) electrons. The van der Waals surface area contributed by atoms with Crippen molar-refractivity contribution in [3.63, 3.8) is 0 Å². The van der Waals surface area contributed by atoms with Crippen LogP contribution in [0.25, 0.3) is 0 Å². The molecule has 1 saturated carbocycles. The number of hydrogen-bond donors (Lipinski definition) is 1. The first-order valence-corrected chi connectivity index (χ1v) is 9.17. The van der Waals surface area contributed by atoms with Crippen LogP contribution in [-0.4, -0.2) is 65.9 Å². The van der Waals surface area contributed by atoms with Crippen LogP contribution >= 0.6 is 0 Å². The minimum atomic E-state index is -0.614. The van der Waals surface area contributed by atoms with Crippen LogP contribution in [0.4, 0.5) is 4.39 Å². The number of nitrogens with zero attached hydrogens (tertiary/aromatic N) is 2. The summed E-state index contributed by atoms with van der Waals surface area (Å²) in [6, 6.07) is 0. The van der Waals surface area contributed by atoms with Gasteiger partial charge >= 0.3 is 0 Å². The molecule has 2 unspecified atom stereocenters. The van der Waals surface area contributed by atoms with Gasteiger partial charge in [-0.25, -0.2) is 4.39 Å². The van der Waals surface area contributed by atoms with Gasteiger partial charge in [0.05, 0.1) is 6.61 Å². The molecule has 0 spiro atoms. The van der Waals surface area contributed by atoms with Crippen LogP contribution in [0.3, 0.4) is 0 Å². The number of piperidine rings is 1. The van der Waals surface area contributed by atoms with Crippen molar-refractivity contribution in [2.75, 3.05) is 39.3 Å². The van der Waals surface area contributed by atoms with Gasteiger partial charge in [-0.05, 0) is 43.4 Å². The Morgan fingerprint density at radius 2 is 2.00 bits per heavy atom. The van der Waals surface area contributed by atoms with Gasteiger partial charge in [-0.15, -0.1) is 0 Å². The highest BCUT2D eigenvalue weighted by molar-refractivity contribution is 5.11. The van der Waals surface area contributed by atoms with Crippen LogP contribution in [0.1, 0.15) is 39.5 Å². The van der Waals surface area contributed by atoms with Crippen LogP contribution in [0.5, 0.6) is 0 Å². The Kier molecular flexibility index (Phi) is 3.59. The van der Waals surface area contributed by atoms with Gasteiger partial charge in [-0.3, -0.25) is 4.90 Å². The third-order valence-electron chi connectivity index (χ3n) is 6.83. The lowest BCUT2D eigenvalue weighted by Gasteiger charge is -2.33. The molecule has 0 bridgehead atoms. The van der Waals surface area contributed by atoms with Gasteiger partial charge in [0.25, 0.3) is 0 Å². The zero-order valence-electron chi connectivity index (χ0n) is 14.1. The highest BCUT2D eigenvalue weighted by Gasteiger charge is 2.60. The first-order valence-electron chi connectivity index (χ1n) is 9.17. The van der Waals surface area contributed by atoms with E-state index in [-0.39, 0.29) is 11.0 Å². The van der Waals surface area contributed by atoms with E-state index in [4.69, 9.17) is 0 Å². The molecule has 1 N–H and O–H groups in total. The van der Waals surface area contributed by atoms with Crippen LogP contribution in [-0.2, 0) is 0 Å². The van der Waals surface area contributed by atoms with Crippen molar-refractivity contribution in [3.8, 4) is 0 Å². The topological polar surface area (TPSA) is 26.7 Å². The normalized spacial score (nSPS) is 48.1. The summed E-state index contributed by atoms with van der Waals surface area (Å²) in [6.45, 7) is 10.1. The average Bonchev–Trinajstić information content (AvgIpc) is 2.67. The van der Waals surface area contributed by atoms with E-state index in [1.165, 1.54) is 19.4 Å². The first-order chi connectivity index (χ1) is 10.4. The second-order valence-corrected chi connectivity index (χ2v) is 9.21. The fraction of sp³-hybridized carbons (Fsp3) is 1.00. The number of halogens is 1. The van der Waals surface area contributed by atoms with Gasteiger partial charge in [0, 0.05) is 43.7 Å². The summed E-state index contributed by atoms with van der Waals surface area (Å²) in [6.07, 6.45) is 3.70. The Hall–Kier alpha value is -0.190. The maximum atomic E-state index is 13.9. The molecule has 0 amide bonds. The predicted octanol–water partition coefficient (Wildman–Crippen LogP) is 2.15. The summed E-state index contributed by atoms with van der Waals surface area (Å²) >= 11 is 0. The minimum absolute atomic E-state index is 0.148. The van der Waals surface area contributed by atoms with Gasteiger partial charge < -0.3 is 10.0 Å². The lowest BCUT2D eigenvalue weighted by Crippen LogP contribution is -2.39. The summed E-state index contributed by atoms with van der Waals surface area (Å²) in [7, 11) is 0. The summed E-state index contributed by atoms with van der Waals surface area (Å²) in [5, 5.41) is 9.57. The van der Waals surface area contributed by atoms with E-state index in [9.17, 15) is 9.50 Å². The fourth-order valence-corrected chi connectivity index (χ4v) is 6.06. The monoisotopic (exact) mass is 310 g/mol. The molecule has 3 nitrogen and oxygen atoms in total. The van der Waals surface area contributed by atoms with Crippen molar-refractivity contribution in [2.24, 2.45) is 23.2 Å². The molecule has 5 atom stereocenters. The summed E-state index contributed by atoms with van der Waals surface area (Å²) < 4.78 is 13.9. The number of aliphatic hydroxyl groups excluding tert-OH is 1. The largest absolute Gasteiger partial charge is 0.396 e. The number of fused-ring (bicyclic) bond motifs is 2. The lowest BCUT2D eigenvalue weighted by atomic mass is 9.82. The molecular weight excluding hydrogens is 279 g/mol. The molecule has 4 fully saturated rings. The van der Waals surface area contributed by atoms with Crippen LogP contribution in [0.15, 0.2) is 0 Å². The maximum Gasteiger partial charge on any atom is 0.115 e. The molecule has 3 saturated heterocycles. The Labute approximate surface area is 133 Å². The molecule has 22 heavy (non-hydrogen) atoms. The van der Waals surface area contributed by atoms with Crippen LogP contribution < -0.4 is 0 Å². The Morgan fingerprint density at radius 1 is 1.18 bits per heavy atom. The molecule has 4 aliphatic rings. The summed E-state index contributed by atoms with van der Waals surface area (Å²) in [5.74, 6) is 2.08. The number of likely N-dealkylation sites (tertiary alicyclic amines) is 1. The summed E-state index contributed by atoms with van der Waals surface area (Å²) in [5.41, 5.74) is 0.407. The first kappa shape index (κ1) is 15.3. The van der Waals surface area contributed by atoms with Crippen molar-refractivity contribution >= 4 is 0 Å². The molecule has 126 valence electrons. The fourth-order valence-electron chi connectivity index (χ4n) is 6.06. The highest BCUT2D eigenvalue weighted by atomic mass is 19.1. The standard InChI is InChI=1S/C18H31FN2O/c1-13(2)3-18-4-14(8-21(18)10-16(19)6-18)7-20-9-15-5-17(15,11-20)12-22/h13-16,22H,3-12H2,1-2H3/t14-,15?,16-,17?,18+/m1/s1. The van der Waals surface area contributed by atoms with Gasteiger partial charge in [0.1, 0.15) is 6.17 Å². The molecule has 1 aliphatic carbocycles. The third kappa shape index (κ3) is 2.42. The van der Waals surface area contributed by atoms with E-state index < -0.39 is 6.17 Å².